The molecule has 0 saturated carbocycles. The highest BCUT2D eigenvalue weighted by Gasteiger charge is 2.15. The molecule has 7 heteroatoms. The Morgan fingerprint density at radius 3 is 2.96 bits per heavy atom. The normalized spacial score (nSPS) is 11.3. The number of hydrogen-bond acceptors (Lipinski definition) is 6. The van der Waals surface area contributed by atoms with Crippen LogP contribution in [0.25, 0.3) is 6.08 Å². The van der Waals surface area contributed by atoms with Crippen LogP contribution in [0.5, 0.6) is 0 Å². The third-order valence-corrected chi connectivity index (χ3v) is 4.66. The number of allylic oxidation sites excluding steroid dienone is 1. The number of rotatable bonds is 9. The molecule has 144 valence electrons. The Morgan fingerprint density at radius 1 is 1.33 bits per heavy atom. The molecule has 5 nitrogen and oxygen atoms in total. The fourth-order valence-electron chi connectivity index (χ4n) is 2.47. The van der Waals surface area contributed by atoms with Crippen molar-refractivity contribution in [3.8, 4) is 0 Å². The molecule has 4 N–H and O–H groups in total. The van der Waals surface area contributed by atoms with E-state index in [4.69, 9.17) is 20.3 Å². The quantitative estimate of drug-likeness (QED) is 0.210. The van der Waals surface area contributed by atoms with Crippen molar-refractivity contribution in [1.29, 1.82) is 5.41 Å². The van der Waals surface area contributed by atoms with Gasteiger partial charge in [-0.1, -0.05) is 12.1 Å². The lowest BCUT2D eigenvalue weighted by atomic mass is 10.0. The molecule has 0 saturated heterocycles. The number of nitrogens with one attached hydrogen (secondary N) is 2. The first kappa shape index (κ1) is 19.0. The van der Waals surface area contributed by atoms with Gasteiger partial charge in [-0.25, -0.2) is 4.39 Å². The average molecular weight is 389 g/mol. The molecule has 0 amide bonds. The Balaban J connectivity index is 0.00000210. The summed E-state index contributed by atoms with van der Waals surface area (Å²) in [6.07, 6.45) is 4.93. The van der Waals surface area contributed by atoms with Crippen LogP contribution in [0.2, 0.25) is 0 Å². The van der Waals surface area contributed by atoms with Crippen LogP contribution in [-0.4, -0.2) is 12.4 Å². The summed E-state index contributed by atoms with van der Waals surface area (Å²) in [6.45, 7) is 0.850. The monoisotopic (exact) mass is 389 g/mol. The molecule has 27 heavy (non-hydrogen) atoms. The zero-order valence-electron chi connectivity index (χ0n) is 14.6. The maximum atomic E-state index is 14.8. The molecule has 0 atom stereocenters. The summed E-state index contributed by atoms with van der Waals surface area (Å²) in [7, 11) is 0. The van der Waals surface area contributed by atoms with Crippen molar-refractivity contribution in [3.05, 3.63) is 81.7 Å². The average Bonchev–Trinajstić information content (AvgIpc) is 3.35. The molecule has 0 fully saturated rings. The van der Waals surface area contributed by atoms with Crippen LogP contribution in [0.15, 0.2) is 58.5 Å². The molecule has 2 heterocycles. The number of nitrogen functional groups attached to an aromatic ring is 1. The van der Waals surface area contributed by atoms with Gasteiger partial charge in [0, 0.05) is 19.0 Å². The van der Waals surface area contributed by atoms with E-state index in [1.807, 2.05) is 29.6 Å². The molecule has 0 unspecified atom stereocenters. The first-order chi connectivity index (χ1) is 13.1. The summed E-state index contributed by atoms with van der Waals surface area (Å²) >= 11 is 1.54. The minimum absolute atomic E-state index is 0. The molecule has 0 bridgehead atoms. The van der Waals surface area contributed by atoms with Gasteiger partial charge < -0.3 is 20.3 Å². The van der Waals surface area contributed by atoms with Crippen molar-refractivity contribution in [2.75, 3.05) is 12.5 Å². The number of hydrogen-bond donors (Lipinski definition) is 3. The number of ether oxygens (including phenoxy) is 1. The highest BCUT2D eigenvalue weighted by Crippen LogP contribution is 2.22. The van der Waals surface area contributed by atoms with E-state index in [2.05, 4.69) is 5.32 Å². The third-order valence-electron chi connectivity index (χ3n) is 3.82. The van der Waals surface area contributed by atoms with E-state index in [9.17, 15) is 4.39 Å². The number of thiophene rings is 1. The van der Waals surface area contributed by atoms with Gasteiger partial charge in [0.2, 0.25) is 0 Å². The van der Waals surface area contributed by atoms with Crippen LogP contribution in [0.4, 0.5) is 10.1 Å². The van der Waals surface area contributed by atoms with Gasteiger partial charge in [0.1, 0.15) is 11.6 Å². The Bertz CT molecular complexity index is 916. The van der Waals surface area contributed by atoms with Crippen molar-refractivity contribution in [2.24, 2.45) is 0 Å². The first-order valence-electron chi connectivity index (χ1n) is 8.33. The van der Waals surface area contributed by atoms with Gasteiger partial charge in [-0.05, 0) is 41.8 Å². The first-order valence-corrected chi connectivity index (χ1v) is 9.21. The molecular formula is C20H24FN3O2S. The van der Waals surface area contributed by atoms with Crippen LogP contribution >= 0.6 is 11.3 Å². The Hall–Kier alpha value is -2.74. The van der Waals surface area contributed by atoms with Gasteiger partial charge in [0.15, 0.2) is 0 Å². The second kappa shape index (κ2) is 9.27. The SMILES string of the molecule is N=C(/C=C/c1cccs1)c1c(N)ccc(COCNCc2ccco2)c1F.[HH].[HH]. The lowest BCUT2D eigenvalue weighted by Crippen LogP contribution is -2.17. The van der Waals surface area contributed by atoms with Crippen LogP contribution in [0.1, 0.15) is 24.6 Å². The Morgan fingerprint density at radius 2 is 2.22 bits per heavy atom. The van der Waals surface area contributed by atoms with Crippen LogP contribution in [-0.2, 0) is 17.9 Å². The summed E-state index contributed by atoms with van der Waals surface area (Å²) in [6, 6.07) is 10.7. The smallest absolute Gasteiger partial charge is 0.140 e. The molecule has 2 aromatic heterocycles. The number of furan rings is 1. The van der Waals surface area contributed by atoms with E-state index in [0.29, 0.717) is 12.1 Å². The van der Waals surface area contributed by atoms with E-state index in [1.165, 1.54) is 0 Å². The lowest BCUT2D eigenvalue weighted by molar-refractivity contribution is 0.0990. The largest absolute Gasteiger partial charge is 0.468 e. The Kier molecular flexibility index (Phi) is 6.54. The van der Waals surface area contributed by atoms with E-state index in [0.717, 1.165) is 10.6 Å². The molecule has 3 aromatic rings. The summed E-state index contributed by atoms with van der Waals surface area (Å²) in [5.41, 5.74) is 6.59. The van der Waals surface area contributed by atoms with Crippen molar-refractivity contribution >= 4 is 28.8 Å². The Labute approximate surface area is 163 Å². The van der Waals surface area contributed by atoms with E-state index in [-0.39, 0.29) is 33.2 Å². The summed E-state index contributed by atoms with van der Waals surface area (Å²) in [5, 5.41) is 13.2. The second-order valence-corrected chi connectivity index (χ2v) is 6.74. The maximum Gasteiger partial charge on any atom is 0.140 e. The van der Waals surface area contributed by atoms with E-state index < -0.39 is 5.82 Å². The molecule has 1 aromatic carbocycles. The summed E-state index contributed by atoms with van der Waals surface area (Å²) in [5.74, 6) is 0.271. The van der Waals surface area contributed by atoms with Crippen LogP contribution in [0.3, 0.4) is 0 Å². The van der Waals surface area contributed by atoms with Crippen molar-refractivity contribution in [2.45, 2.75) is 13.2 Å². The second-order valence-electron chi connectivity index (χ2n) is 5.76. The van der Waals surface area contributed by atoms with Crippen molar-refractivity contribution < 1.29 is 16.4 Å². The van der Waals surface area contributed by atoms with Crippen molar-refractivity contribution in [3.63, 3.8) is 0 Å². The van der Waals surface area contributed by atoms with Crippen molar-refractivity contribution in [1.82, 2.24) is 5.32 Å². The van der Waals surface area contributed by atoms with Gasteiger partial charge in [0.05, 0.1) is 37.4 Å². The van der Waals surface area contributed by atoms with E-state index >= 15 is 0 Å². The standard InChI is InChI=1S/C20H20FN3O2S.2H2/c21-20-14(12-25-13-24-11-15-3-1-9-26-15)5-7-17(22)19(20)18(23)8-6-16-4-2-10-27-16;;/h1-10,23-24H,11-13,22H2;2*1H/b8-6+,23-18?;;. The molecule has 0 spiro atoms. The highest BCUT2D eigenvalue weighted by molar-refractivity contribution is 7.10. The fourth-order valence-corrected chi connectivity index (χ4v) is 3.09. The maximum absolute atomic E-state index is 14.8. The minimum Gasteiger partial charge on any atom is -0.468 e. The molecule has 0 radical (unpaired) electrons. The summed E-state index contributed by atoms with van der Waals surface area (Å²) in [4.78, 5) is 0.987. The number of anilines is 1. The molecule has 0 aliphatic rings. The van der Waals surface area contributed by atoms with Gasteiger partial charge in [-0.15, -0.1) is 11.3 Å². The van der Waals surface area contributed by atoms with Crippen LogP contribution in [0, 0.1) is 11.2 Å². The van der Waals surface area contributed by atoms with E-state index in [1.54, 1.807) is 41.9 Å². The third kappa shape index (κ3) is 5.13. The molecular weight excluding hydrogens is 365 g/mol. The molecule has 3 rings (SSSR count). The predicted octanol–water partition coefficient (Wildman–Crippen LogP) is 4.90. The van der Waals surface area contributed by atoms with Gasteiger partial charge in [-0.3, -0.25) is 5.32 Å². The predicted molar refractivity (Wildman–Crippen MR) is 110 cm³/mol. The van der Waals surface area contributed by atoms with Gasteiger partial charge >= 0.3 is 0 Å². The van der Waals surface area contributed by atoms with Gasteiger partial charge in [-0.2, -0.15) is 0 Å². The zero-order valence-corrected chi connectivity index (χ0v) is 15.4. The fraction of sp³-hybridized carbons (Fsp3) is 0.150. The van der Waals surface area contributed by atoms with Gasteiger partial charge in [0.25, 0.3) is 0 Å². The summed E-state index contributed by atoms with van der Waals surface area (Å²) < 4.78 is 25.5. The topological polar surface area (TPSA) is 84.3 Å². The minimum atomic E-state index is -0.526. The molecule has 0 aliphatic carbocycles. The lowest BCUT2D eigenvalue weighted by Gasteiger charge is -2.11. The zero-order chi connectivity index (χ0) is 19.1. The molecule has 0 aliphatic heterocycles. The number of benzene rings is 1. The number of nitrogens with two attached hydrogens (primary N) is 1. The van der Waals surface area contributed by atoms with Crippen LogP contribution < -0.4 is 11.1 Å². The highest BCUT2D eigenvalue weighted by atomic mass is 32.1. The number of halogens is 1.